The SMILES string of the molecule is Cc1ccccc1CNc1nc2c(c(=O)[nH]1)CN(Cc1ccccc1)CC2. The Balaban J connectivity index is 1.46. The van der Waals surface area contributed by atoms with Gasteiger partial charge in [-0.15, -0.1) is 0 Å². The van der Waals surface area contributed by atoms with Crippen molar-refractivity contribution in [3.05, 3.63) is 92.9 Å². The summed E-state index contributed by atoms with van der Waals surface area (Å²) in [6.07, 6.45) is 0.797. The number of hydrogen-bond acceptors (Lipinski definition) is 4. The minimum Gasteiger partial charge on any atom is -0.352 e. The lowest BCUT2D eigenvalue weighted by Crippen LogP contribution is -2.35. The quantitative estimate of drug-likeness (QED) is 0.733. The van der Waals surface area contributed by atoms with Crippen LogP contribution in [0.3, 0.4) is 0 Å². The maximum Gasteiger partial charge on any atom is 0.257 e. The fourth-order valence-corrected chi connectivity index (χ4v) is 3.53. The average molecular weight is 360 g/mol. The third kappa shape index (κ3) is 4.09. The molecule has 0 atom stereocenters. The van der Waals surface area contributed by atoms with E-state index in [-0.39, 0.29) is 5.56 Å². The van der Waals surface area contributed by atoms with Crippen molar-refractivity contribution in [3.8, 4) is 0 Å². The molecule has 138 valence electrons. The van der Waals surface area contributed by atoms with Gasteiger partial charge in [-0.1, -0.05) is 54.6 Å². The number of aromatic nitrogens is 2. The number of rotatable bonds is 5. The Morgan fingerprint density at radius 3 is 2.70 bits per heavy atom. The van der Waals surface area contributed by atoms with Gasteiger partial charge in [-0.05, 0) is 23.6 Å². The third-order valence-electron chi connectivity index (χ3n) is 5.10. The third-order valence-corrected chi connectivity index (χ3v) is 5.10. The van der Waals surface area contributed by atoms with Gasteiger partial charge in [-0.2, -0.15) is 0 Å². The molecule has 1 aliphatic rings. The van der Waals surface area contributed by atoms with Crippen LogP contribution in [0.5, 0.6) is 0 Å². The second-order valence-electron chi connectivity index (χ2n) is 7.07. The van der Waals surface area contributed by atoms with Crippen LogP contribution in [-0.2, 0) is 26.1 Å². The van der Waals surface area contributed by atoms with Gasteiger partial charge in [-0.3, -0.25) is 14.7 Å². The summed E-state index contributed by atoms with van der Waals surface area (Å²) in [5.74, 6) is 0.554. The standard InChI is InChI=1S/C22H24N4O/c1-16-7-5-6-10-18(16)13-23-22-24-20-11-12-26(15-19(20)21(27)25-22)14-17-8-3-2-4-9-17/h2-10H,11-15H2,1H3,(H2,23,24,25,27). The highest BCUT2D eigenvalue weighted by atomic mass is 16.1. The number of benzene rings is 2. The number of fused-ring (bicyclic) bond motifs is 1. The zero-order chi connectivity index (χ0) is 18.6. The maximum absolute atomic E-state index is 12.6. The Bertz CT molecular complexity index is 981. The zero-order valence-electron chi connectivity index (χ0n) is 15.5. The van der Waals surface area contributed by atoms with Crippen LogP contribution in [0.4, 0.5) is 5.95 Å². The Labute approximate surface area is 159 Å². The van der Waals surface area contributed by atoms with Crippen molar-refractivity contribution in [2.24, 2.45) is 0 Å². The van der Waals surface area contributed by atoms with Crippen molar-refractivity contribution in [1.29, 1.82) is 0 Å². The molecule has 27 heavy (non-hydrogen) atoms. The van der Waals surface area contributed by atoms with E-state index in [4.69, 9.17) is 0 Å². The van der Waals surface area contributed by atoms with Gasteiger partial charge in [0.05, 0.1) is 11.3 Å². The second kappa shape index (κ2) is 7.76. The van der Waals surface area contributed by atoms with E-state index in [1.807, 2.05) is 30.3 Å². The molecule has 2 aromatic carbocycles. The number of nitrogens with one attached hydrogen (secondary N) is 2. The molecule has 1 aliphatic heterocycles. The molecule has 2 heterocycles. The Kier molecular flexibility index (Phi) is 5.03. The van der Waals surface area contributed by atoms with Gasteiger partial charge in [0.2, 0.25) is 5.95 Å². The van der Waals surface area contributed by atoms with E-state index in [0.29, 0.717) is 19.0 Å². The van der Waals surface area contributed by atoms with Crippen molar-refractivity contribution in [2.75, 3.05) is 11.9 Å². The monoisotopic (exact) mass is 360 g/mol. The second-order valence-corrected chi connectivity index (χ2v) is 7.07. The molecule has 0 fully saturated rings. The normalized spacial score (nSPS) is 14.0. The first kappa shape index (κ1) is 17.5. The summed E-state index contributed by atoms with van der Waals surface area (Å²) in [5, 5.41) is 3.26. The van der Waals surface area contributed by atoms with E-state index in [1.54, 1.807) is 0 Å². The van der Waals surface area contributed by atoms with Gasteiger partial charge in [0.15, 0.2) is 0 Å². The van der Waals surface area contributed by atoms with Crippen molar-refractivity contribution in [2.45, 2.75) is 33.0 Å². The molecule has 2 N–H and O–H groups in total. The maximum atomic E-state index is 12.6. The number of hydrogen-bond donors (Lipinski definition) is 2. The van der Waals surface area contributed by atoms with E-state index in [1.165, 1.54) is 16.7 Å². The van der Waals surface area contributed by atoms with Crippen molar-refractivity contribution in [3.63, 3.8) is 0 Å². The molecule has 0 bridgehead atoms. The molecule has 5 heteroatoms. The summed E-state index contributed by atoms with van der Waals surface area (Å²) in [5.41, 5.74) is 5.36. The van der Waals surface area contributed by atoms with Gasteiger partial charge in [0.25, 0.3) is 5.56 Å². The molecule has 0 unspecified atom stereocenters. The van der Waals surface area contributed by atoms with E-state index in [9.17, 15) is 4.79 Å². The number of nitrogens with zero attached hydrogens (tertiary/aromatic N) is 2. The van der Waals surface area contributed by atoms with Crippen molar-refractivity contribution >= 4 is 5.95 Å². The van der Waals surface area contributed by atoms with Crippen molar-refractivity contribution in [1.82, 2.24) is 14.9 Å². The molecule has 0 aliphatic carbocycles. The van der Waals surface area contributed by atoms with Crippen LogP contribution in [-0.4, -0.2) is 21.4 Å². The summed E-state index contributed by atoms with van der Waals surface area (Å²) in [7, 11) is 0. The molecule has 5 nitrogen and oxygen atoms in total. The van der Waals surface area contributed by atoms with Crippen molar-refractivity contribution < 1.29 is 0 Å². The van der Waals surface area contributed by atoms with Gasteiger partial charge in [0.1, 0.15) is 0 Å². The first-order valence-electron chi connectivity index (χ1n) is 9.36. The highest BCUT2D eigenvalue weighted by Gasteiger charge is 2.21. The zero-order valence-corrected chi connectivity index (χ0v) is 15.5. The van der Waals surface area contributed by atoms with Crippen LogP contribution >= 0.6 is 0 Å². The summed E-state index contributed by atoms with van der Waals surface area (Å²) in [6.45, 7) is 5.14. The molecule has 4 rings (SSSR count). The molecule has 3 aromatic rings. The van der Waals surface area contributed by atoms with E-state index in [2.05, 4.69) is 51.4 Å². The minimum atomic E-state index is -0.0370. The van der Waals surface area contributed by atoms with Gasteiger partial charge >= 0.3 is 0 Å². The smallest absolute Gasteiger partial charge is 0.257 e. The summed E-state index contributed by atoms with van der Waals surface area (Å²) >= 11 is 0. The Morgan fingerprint density at radius 1 is 1.11 bits per heavy atom. The van der Waals surface area contributed by atoms with Crippen LogP contribution < -0.4 is 10.9 Å². The van der Waals surface area contributed by atoms with Gasteiger partial charge in [-0.25, -0.2) is 4.98 Å². The number of anilines is 1. The molecular weight excluding hydrogens is 336 g/mol. The highest BCUT2D eigenvalue weighted by Crippen LogP contribution is 2.17. The van der Waals surface area contributed by atoms with E-state index in [0.717, 1.165) is 30.8 Å². The molecule has 0 saturated carbocycles. The summed E-state index contributed by atoms with van der Waals surface area (Å²) in [4.78, 5) is 22.5. The Morgan fingerprint density at radius 2 is 1.89 bits per heavy atom. The van der Waals surface area contributed by atoms with Crippen LogP contribution in [0, 0.1) is 6.92 Å². The van der Waals surface area contributed by atoms with Crippen LogP contribution in [0.15, 0.2) is 59.4 Å². The first-order chi connectivity index (χ1) is 13.2. The molecule has 0 radical (unpaired) electrons. The predicted molar refractivity (Wildman–Crippen MR) is 108 cm³/mol. The van der Waals surface area contributed by atoms with E-state index < -0.39 is 0 Å². The average Bonchev–Trinajstić information content (AvgIpc) is 2.69. The molecule has 1 aromatic heterocycles. The van der Waals surface area contributed by atoms with Crippen LogP contribution in [0.1, 0.15) is 27.9 Å². The number of aryl methyl sites for hydroxylation is 1. The lowest BCUT2D eigenvalue weighted by molar-refractivity contribution is 0.242. The molecule has 0 amide bonds. The Hall–Kier alpha value is -2.92. The van der Waals surface area contributed by atoms with Crippen LogP contribution in [0.25, 0.3) is 0 Å². The largest absolute Gasteiger partial charge is 0.352 e. The predicted octanol–water partition coefficient (Wildman–Crippen LogP) is 3.25. The topological polar surface area (TPSA) is 61.0 Å². The first-order valence-corrected chi connectivity index (χ1v) is 9.36. The highest BCUT2D eigenvalue weighted by molar-refractivity contribution is 5.34. The molecule has 0 saturated heterocycles. The molecular formula is C22H24N4O. The number of aromatic amines is 1. The van der Waals surface area contributed by atoms with Gasteiger partial charge in [0, 0.05) is 32.6 Å². The minimum absolute atomic E-state index is 0.0370. The van der Waals surface area contributed by atoms with Crippen LogP contribution in [0.2, 0.25) is 0 Å². The lowest BCUT2D eigenvalue weighted by Gasteiger charge is -2.27. The molecule has 0 spiro atoms. The summed E-state index contributed by atoms with van der Waals surface area (Å²) in [6, 6.07) is 18.6. The fraction of sp³-hybridized carbons (Fsp3) is 0.273. The fourth-order valence-electron chi connectivity index (χ4n) is 3.53. The number of H-pyrrole nitrogens is 1. The van der Waals surface area contributed by atoms with E-state index >= 15 is 0 Å². The summed E-state index contributed by atoms with van der Waals surface area (Å²) < 4.78 is 0. The van der Waals surface area contributed by atoms with Gasteiger partial charge < -0.3 is 5.32 Å². The lowest BCUT2D eigenvalue weighted by atomic mass is 10.1.